The molecular formula is C27H30N8O3. The smallest absolute Gasteiger partial charge is 0.331 e. The quantitative estimate of drug-likeness (QED) is 0.426. The van der Waals surface area contributed by atoms with Gasteiger partial charge in [0.25, 0.3) is 0 Å². The zero-order valence-corrected chi connectivity index (χ0v) is 21.6. The van der Waals surface area contributed by atoms with Crippen molar-refractivity contribution < 1.29 is 14.3 Å². The fraction of sp³-hybridized carbons (Fsp3) is 0.370. The normalized spacial score (nSPS) is 17.8. The molecule has 0 aliphatic carbocycles. The molecule has 0 saturated carbocycles. The van der Waals surface area contributed by atoms with E-state index in [-0.39, 0.29) is 29.9 Å². The van der Waals surface area contributed by atoms with Crippen LogP contribution < -0.4 is 15.8 Å². The summed E-state index contributed by atoms with van der Waals surface area (Å²) >= 11 is 0. The summed E-state index contributed by atoms with van der Waals surface area (Å²) in [5.74, 6) is 1.50. The predicted octanol–water partition coefficient (Wildman–Crippen LogP) is 3.41. The van der Waals surface area contributed by atoms with Crippen LogP contribution in [0.1, 0.15) is 44.1 Å². The van der Waals surface area contributed by atoms with E-state index in [2.05, 4.69) is 34.2 Å². The van der Waals surface area contributed by atoms with E-state index in [4.69, 9.17) is 10.5 Å². The van der Waals surface area contributed by atoms with Crippen LogP contribution in [0.3, 0.4) is 0 Å². The highest BCUT2D eigenvalue weighted by Gasteiger charge is 2.32. The number of hydrogen-bond acceptors (Lipinski definition) is 7. The van der Waals surface area contributed by atoms with Gasteiger partial charge in [0, 0.05) is 46.9 Å². The molecule has 2 aliphatic heterocycles. The molecule has 0 radical (unpaired) electrons. The van der Waals surface area contributed by atoms with Crippen LogP contribution in [0.2, 0.25) is 0 Å². The lowest BCUT2D eigenvalue weighted by Gasteiger charge is -2.34. The Balaban J connectivity index is 1.21. The number of aryl methyl sites for hydroxylation is 1. The fourth-order valence-electron chi connectivity index (χ4n) is 5.38. The third kappa shape index (κ3) is 4.08. The molecule has 11 heteroatoms. The van der Waals surface area contributed by atoms with E-state index in [1.807, 2.05) is 41.9 Å². The molecule has 1 atom stereocenters. The molecule has 1 aromatic carbocycles. The third-order valence-corrected chi connectivity index (χ3v) is 7.59. The van der Waals surface area contributed by atoms with E-state index in [9.17, 15) is 9.59 Å². The van der Waals surface area contributed by atoms with Crippen molar-refractivity contribution in [2.24, 2.45) is 5.73 Å². The van der Waals surface area contributed by atoms with Crippen LogP contribution in [0.4, 0.5) is 10.6 Å². The number of nitrogens with zero attached hydrogens (tertiary/aromatic N) is 6. The summed E-state index contributed by atoms with van der Waals surface area (Å²) in [5.41, 5.74) is 9.13. The Morgan fingerprint density at radius 2 is 2.05 bits per heavy atom. The monoisotopic (exact) mass is 514 g/mol. The first kappa shape index (κ1) is 24.1. The summed E-state index contributed by atoms with van der Waals surface area (Å²) in [4.78, 5) is 35.7. The zero-order valence-electron chi connectivity index (χ0n) is 21.6. The number of hydrogen-bond donors (Lipinski definition) is 2. The van der Waals surface area contributed by atoms with Gasteiger partial charge in [-0.05, 0) is 44.0 Å². The van der Waals surface area contributed by atoms with Crippen molar-refractivity contribution >= 4 is 28.7 Å². The molecule has 0 unspecified atom stereocenters. The molecule has 2 aliphatic rings. The number of nitrogens with one attached hydrogen (secondary N) is 1. The van der Waals surface area contributed by atoms with E-state index in [0.717, 1.165) is 40.8 Å². The van der Waals surface area contributed by atoms with Gasteiger partial charge in [-0.3, -0.25) is 19.4 Å². The molecule has 5 heterocycles. The highest BCUT2D eigenvalue weighted by atomic mass is 16.5. The SMILES string of the molecule is C[C@H]1Cc2c(ncnc2Oc2ccc3c(ccn3C(=O)Nc3cc4n(n3)CCC4(C)C)c2)CN1C(=O)CN. The Bertz CT molecular complexity index is 1570. The minimum Gasteiger partial charge on any atom is -0.439 e. The molecule has 0 fully saturated rings. The summed E-state index contributed by atoms with van der Waals surface area (Å²) in [5, 5.41) is 8.32. The third-order valence-electron chi connectivity index (χ3n) is 7.59. The number of nitrogens with two attached hydrogens (primary N) is 1. The number of benzene rings is 1. The molecule has 4 aromatic rings. The van der Waals surface area contributed by atoms with Crippen molar-refractivity contribution in [3.63, 3.8) is 0 Å². The van der Waals surface area contributed by atoms with Gasteiger partial charge < -0.3 is 15.4 Å². The Morgan fingerprint density at radius 1 is 1.21 bits per heavy atom. The van der Waals surface area contributed by atoms with Crippen molar-refractivity contribution in [1.29, 1.82) is 0 Å². The van der Waals surface area contributed by atoms with Gasteiger partial charge in [0.05, 0.1) is 24.3 Å². The van der Waals surface area contributed by atoms with Crippen molar-refractivity contribution in [2.45, 2.75) is 58.2 Å². The van der Waals surface area contributed by atoms with Crippen LogP contribution >= 0.6 is 0 Å². The maximum absolute atomic E-state index is 13.1. The molecule has 0 bridgehead atoms. The topological polar surface area (TPSA) is 133 Å². The minimum absolute atomic E-state index is 0.0335. The molecule has 6 rings (SSSR count). The van der Waals surface area contributed by atoms with Crippen LogP contribution in [0.25, 0.3) is 10.9 Å². The standard InChI is InChI=1S/C27H30N8O3/c1-16-10-19-20(14-34(16)24(36)13-28)29-15-30-25(19)38-18-4-5-21-17(11-18)6-8-33(21)26(37)31-23-12-22-27(2,3)7-9-35(22)32-23/h4-6,8,11-12,15-16H,7,9-10,13-14,28H2,1-3H3,(H,31,32,37)/t16-/m0/s1. The Kier molecular flexibility index (Phi) is 5.68. The van der Waals surface area contributed by atoms with E-state index >= 15 is 0 Å². The summed E-state index contributed by atoms with van der Waals surface area (Å²) in [7, 11) is 0. The second-order valence-electron chi connectivity index (χ2n) is 10.6. The van der Waals surface area contributed by atoms with Gasteiger partial charge in [0.2, 0.25) is 11.8 Å². The summed E-state index contributed by atoms with van der Waals surface area (Å²) in [6.07, 6.45) is 4.79. The van der Waals surface area contributed by atoms with Gasteiger partial charge in [-0.1, -0.05) is 13.8 Å². The van der Waals surface area contributed by atoms with Crippen molar-refractivity contribution in [1.82, 2.24) is 29.2 Å². The average molecular weight is 515 g/mol. The molecule has 3 aromatic heterocycles. The molecule has 11 nitrogen and oxygen atoms in total. The molecule has 196 valence electrons. The lowest BCUT2D eigenvalue weighted by molar-refractivity contribution is -0.132. The van der Waals surface area contributed by atoms with Gasteiger partial charge in [-0.2, -0.15) is 5.10 Å². The number of aromatic nitrogens is 5. The number of fused-ring (bicyclic) bond motifs is 3. The lowest BCUT2D eigenvalue weighted by Crippen LogP contribution is -2.45. The van der Waals surface area contributed by atoms with Gasteiger partial charge in [0.1, 0.15) is 12.1 Å². The Labute approximate surface area is 219 Å². The van der Waals surface area contributed by atoms with Crippen molar-refractivity contribution in [3.05, 3.63) is 59.8 Å². The fourth-order valence-corrected chi connectivity index (χ4v) is 5.38. The first-order chi connectivity index (χ1) is 18.2. The van der Waals surface area contributed by atoms with Gasteiger partial charge in [-0.15, -0.1) is 0 Å². The minimum atomic E-state index is -0.279. The van der Waals surface area contributed by atoms with E-state index < -0.39 is 0 Å². The number of ether oxygens (including phenoxy) is 1. The number of carbonyl (C=O) groups is 2. The number of rotatable bonds is 4. The largest absolute Gasteiger partial charge is 0.439 e. The van der Waals surface area contributed by atoms with Gasteiger partial charge in [0.15, 0.2) is 5.82 Å². The molecule has 0 saturated heterocycles. The van der Waals surface area contributed by atoms with Crippen molar-refractivity contribution in [3.8, 4) is 11.6 Å². The zero-order chi connectivity index (χ0) is 26.6. The molecule has 38 heavy (non-hydrogen) atoms. The highest BCUT2D eigenvalue weighted by molar-refractivity contribution is 5.98. The molecule has 0 spiro atoms. The van der Waals surface area contributed by atoms with Crippen molar-refractivity contribution in [2.75, 3.05) is 11.9 Å². The number of anilines is 1. The van der Waals surface area contributed by atoms with E-state index in [1.165, 1.54) is 6.33 Å². The maximum Gasteiger partial charge on any atom is 0.331 e. The summed E-state index contributed by atoms with van der Waals surface area (Å²) in [6.45, 7) is 7.55. The maximum atomic E-state index is 13.1. The highest BCUT2D eigenvalue weighted by Crippen LogP contribution is 2.35. The summed E-state index contributed by atoms with van der Waals surface area (Å²) in [6, 6.07) is 9.03. The number of carbonyl (C=O) groups excluding carboxylic acids is 2. The number of amides is 2. The average Bonchev–Trinajstić information content (AvgIpc) is 3.58. The van der Waals surface area contributed by atoms with E-state index in [1.54, 1.807) is 15.7 Å². The van der Waals surface area contributed by atoms with Crippen LogP contribution in [0, 0.1) is 0 Å². The van der Waals surface area contributed by atoms with Gasteiger partial charge in [-0.25, -0.2) is 14.8 Å². The molecular weight excluding hydrogens is 484 g/mol. The first-order valence-electron chi connectivity index (χ1n) is 12.7. The molecule has 2 amide bonds. The second-order valence-corrected chi connectivity index (χ2v) is 10.6. The lowest BCUT2D eigenvalue weighted by atomic mass is 9.89. The predicted molar refractivity (Wildman–Crippen MR) is 141 cm³/mol. The van der Waals surface area contributed by atoms with Crippen LogP contribution in [0.15, 0.2) is 42.9 Å². The van der Waals surface area contributed by atoms with Crippen LogP contribution in [-0.4, -0.2) is 53.7 Å². The van der Waals surface area contributed by atoms with E-state index in [0.29, 0.717) is 30.4 Å². The Hall–Kier alpha value is -4.25. The van der Waals surface area contributed by atoms with Gasteiger partial charge >= 0.3 is 6.03 Å². The Morgan fingerprint density at radius 3 is 2.84 bits per heavy atom. The first-order valence-corrected chi connectivity index (χ1v) is 12.7. The van der Waals surface area contributed by atoms with Crippen LogP contribution in [-0.2, 0) is 29.7 Å². The second kappa shape index (κ2) is 8.95. The van der Waals surface area contributed by atoms with Crippen LogP contribution in [0.5, 0.6) is 11.6 Å². The summed E-state index contributed by atoms with van der Waals surface area (Å²) < 4.78 is 9.70. The molecule has 3 N–H and O–H groups in total.